The van der Waals surface area contributed by atoms with Crippen molar-refractivity contribution in [1.82, 2.24) is 19.9 Å². The van der Waals surface area contributed by atoms with Crippen LogP contribution in [0.1, 0.15) is 26.3 Å². The number of anilines is 3. The third-order valence-electron chi connectivity index (χ3n) is 4.36. The van der Waals surface area contributed by atoms with Crippen LogP contribution in [0.4, 0.5) is 17.5 Å². The normalized spacial score (nSPS) is 15.1. The molecule has 1 aliphatic heterocycles. The van der Waals surface area contributed by atoms with Crippen LogP contribution in [0.25, 0.3) is 0 Å². The van der Waals surface area contributed by atoms with Gasteiger partial charge in [0.05, 0.1) is 0 Å². The largest absolute Gasteiger partial charge is 0.353 e. The number of carbonyl (C=O) groups excluding carboxylic acids is 1. The number of carbonyl (C=O) groups is 1. The molecule has 2 aromatic rings. The molecule has 1 N–H and O–H groups in total. The molecule has 0 unspecified atom stereocenters. The van der Waals surface area contributed by atoms with Crippen molar-refractivity contribution < 1.29 is 4.79 Å². The van der Waals surface area contributed by atoms with Gasteiger partial charge in [-0.2, -0.15) is 0 Å². The summed E-state index contributed by atoms with van der Waals surface area (Å²) in [6, 6.07) is 5.85. The van der Waals surface area contributed by atoms with Crippen LogP contribution in [0.5, 0.6) is 0 Å². The monoisotopic (exact) mass is 354 g/mol. The standard InChI is InChI=1S/C19H26N6O/c1-14-5-6-20-15(11-14)23-16-12-17(22-13-21-16)24-7-9-25(10-8-24)18(26)19(2,3)4/h5-6,11-13H,7-10H2,1-4H3,(H,20,21,22,23). The molecule has 7 heteroatoms. The number of aryl methyl sites for hydroxylation is 1. The lowest BCUT2D eigenvalue weighted by Gasteiger charge is -2.38. The first-order valence-electron chi connectivity index (χ1n) is 8.89. The third-order valence-corrected chi connectivity index (χ3v) is 4.36. The Balaban J connectivity index is 1.65. The first kappa shape index (κ1) is 18.1. The fourth-order valence-corrected chi connectivity index (χ4v) is 2.94. The van der Waals surface area contributed by atoms with Crippen molar-refractivity contribution in [2.75, 3.05) is 36.4 Å². The summed E-state index contributed by atoms with van der Waals surface area (Å²) in [7, 11) is 0. The Labute approximate surface area is 154 Å². The lowest BCUT2D eigenvalue weighted by Crippen LogP contribution is -2.51. The highest BCUT2D eigenvalue weighted by Crippen LogP contribution is 2.22. The van der Waals surface area contributed by atoms with E-state index in [9.17, 15) is 4.79 Å². The third kappa shape index (κ3) is 4.28. The summed E-state index contributed by atoms with van der Waals surface area (Å²) in [5.41, 5.74) is 0.797. The Morgan fingerprint density at radius 3 is 2.38 bits per heavy atom. The molecule has 1 fully saturated rings. The fraction of sp³-hybridized carbons (Fsp3) is 0.474. The number of nitrogens with one attached hydrogen (secondary N) is 1. The van der Waals surface area contributed by atoms with E-state index in [1.807, 2.05) is 50.8 Å². The highest BCUT2D eigenvalue weighted by molar-refractivity contribution is 5.81. The average molecular weight is 354 g/mol. The summed E-state index contributed by atoms with van der Waals surface area (Å²) in [6.07, 6.45) is 3.32. The number of amides is 1. The molecule has 3 rings (SSSR count). The molecule has 2 aromatic heterocycles. The second kappa shape index (κ2) is 7.27. The molecule has 7 nitrogen and oxygen atoms in total. The number of hydrogen-bond acceptors (Lipinski definition) is 6. The Morgan fingerprint density at radius 2 is 1.73 bits per heavy atom. The van der Waals surface area contributed by atoms with Crippen LogP contribution < -0.4 is 10.2 Å². The van der Waals surface area contributed by atoms with Crippen LogP contribution in [0.2, 0.25) is 0 Å². The van der Waals surface area contributed by atoms with Gasteiger partial charge in [0.1, 0.15) is 23.8 Å². The molecule has 138 valence electrons. The maximum absolute atomic E-state index is 12.4. The van der Waals surface area contributed by atoms with Crippen molar-refractivity contribution in [2.24, 2.45) is 5.41 Å². The predicted octanol–water partition coefficient (Wildman–Crippen LogP) is 2.62. The zero-order valence-electron chi connectivity index (χ0n) is 15.9. The van der Waals surface area contributed by atoms with Crippen molar-refractivity contribution in [3.05, 3.63) is 36.3 Å². The van der Waals surface area contributed by atoms with Gasteiger partial charge in [-0.25, -0.2) is 15.0 Å². The van der Waals surface area contributed by atoms with E-state index in [4.69, 9.17) is 0 Å². The van der Waals surface area contributed by atoms with E-state index in [-0.39, 0.29) is 11.3 Å². The number of aromatic nitrogens is 3. The highest BCUT2D eigenvalue weighted by atomic mass is 16.2. The summed E-state index contributed by atoms with van der Waals surface area (Å²) >= 11 is 0. The molecule has 0 aromatic carbocycles. The summed E-state index contributed by atoms with van der Waals surface area (Å²) in [6.45, 7) is 10.9. The summed E-state index contributed by atoms with van der Waals surface area (Å²) in [4.78, 5) is 29.5. The number of rotatable bonds is 3. The molecule has 0 radical (unpaired) electrons. The molecule has 0 spiro atoms. The van der Waals surface area contributed by atoms with Gasteiger partial charge in [0.25, 0.3) is 0 Å². The first-order valence-corrected chi connectivity index (χ1v) is 8.89. The van der Waals surface area contributed by atoms with Gasteiger partial charge in [0.15, 0.2) is 0 Å². The van der Waals surface area contributed by atoms with Gasteiger partial charge < -0.3 is 15.1 Å². The highest BCUT2D eigenvalue weighted by Gasteiger charge is 2.30. The molecule has 26 heavy (non-hydrogen) atoms. The average Bonchev–Trinajstić information content (AvgIpc) is 2.61. The van der Waals surface area contributed by atoms with Gasteiger partial charge in [-0.15, -0.1) is 0 Å². The van der Waals surface area contributed by atoms with Crippen molar-refractivity contribution in [1.29, 1.82) is 0 Å². The van der Waals surface area contributed by atoms with Crippen LogP contribution in [0, 0.1) is 12.3 Å². The van der Waals surface area contributed by atoms with E-state index in [0.717, 1.165) is 30.3 Å². The fourth-order valence-electron chi connectivity index (χ4n) is 2.94. The minimum Gasteiger partial charge on any atom is -0.353 e. The van der Waals surface area contributed by atoms with E-state index < -0.39 is 0 Å². The minimum absolute atomic E-state index is 0.202. The second-order valence-corrected chi connectivity index (χ2v) is 7.63. The second-order valence-electron chi connectivity index (χ2n) is 7.63. The van der Waals surface area contributed by atoms with Gasteiger partial charge in [-0.3, -0.25) is 4.79 Å². The Bertz CT molecular complexity index is 778. The van der Waals surface area contributed by atoms with Crippen LogP contribution in [0.3, 0.4) is 0 Å². The van der Waals surface area contributed by atoms with E-state index in [1.54, 1.807) is 12.5 Å². The van der Waals surface area contributed by atoms with Gasteiger partial charge in [0.2, 0.25) is 5.91 Å². The van der Waals surface area contributed by atoms with E-state index in [1.165, 1.54) is 0 Å². The molecule has 1 saturated heterocycles. The van der Waals surface area contributed by atoms with Gasteiger partial charge in [0, 0.05) is 43.9 Å². The van der Waals surface area contributed by atoms with Crippen molar-refractivity contribution in [3.63, 3.8) is 0 Å². The van der Waals surface area contributed by atoms with Gasteiger partial charge in [-0.05, 0) is 24.6 Å². The van der Waals surface area contributed by atoms with Crippen LogP contribution in [-0.2, 0) is 4.79 Å². The number of piperazine rings is 1. The van der Waals surface area contributed by atoms with Crippen LogP contribution >= 0.6 is 0 Å². The molecule has 0 atom stereocenters. The topological polar surface area (TPSA) is 74.2 Å². The zero-order valence-corrected chi connectivity index (χ0v) is 15.9. The molecule has 3 heterocycles. The van der Waals surface area contributed by atoms with Crippen LogP contribution in [-0.4, -0.2) is 51.9 Å². The smallest absolute Gasteiger partial charge is 0.228 e. The maximum atomic E-state index is 12.4. The summed E-state index contributed by atoms with van der Waals surface area (Å²) < 4.78 is 0. The van der Waals surface area contributed by atoms with E-state index >= 15 is 0 Å². The molecule has 0 aliphatic carbocycles. The Morgan fingerprint density at radius 1 is 1.04 bits per heavy atom. The molecule has 1 amide bonds. The SMILES string of the molecule is Cc1ccnc(Nc2cc(N3CCN(C(=O)C(C)(C)C)CC3)ncn2)c1. The van der Waals surface area contributed by atoms with Crippen LogP contribution in [0.15, 0.2) is 30.7 Å². The maximum Gasteiger partial charge on any atom is 0.228 e. The molecule has 0 bridgehead atoms. The van der Waals surface area contributed by atoms with E-state index in [0.29, 0.717) is 18.9 Å². The summed E-state index contributed by atoms with van der Waals surface area (Å²) in [5, 5.41) is 3.22. The van der Waals surface area contributed by atoms with Crippen molar-refractivity contribution in [2.45, 2.75) is 27.7 Å². The first-order chi connectivity index (χ1) is 12.3. The molecular weight excluding hydrogens is 328 g/mol. The van der Waals surface area contributed by atoms with Crippen molar-refractivity contribution in [3.8, 4) is 0 Å². The van der Waals surface area contributed by atoms with E-state index in [2.05, 4.69) is 25.2 Å². The zero-order chi connectivity index (χ0) is 18.7. The molecule has 0 saturated carbocycles. The number of hydrogen-bond donors (Lipinski definition) is 1. The predicted molar refractivity (Wildman–Crippen MR) is 103 cm³/mol. The number of nitrogens with zero attached hydrogens (tertiary/aromatic N) is 5. The Hall–Kier alpha value is -2.70. The quantitative estimate of drug-likeness (QED) is 0.913. The van der Waals surface area contributed by atoms with Crippen molar-refractivity contribution >= 4 is 23.4 Å². The van der Waals surface area contributed by atoms with Gasteiger partial charge in [-0.1, -0.05) is 20.8 Å². The molecular formula is C19H26N6O. The van der Waals surface area contributed by atoms with Gasteiger partial charge >= 0.3 is 0 Å². The lowest BCUT2D eigenvalue weighted by atomic mass is 9.94. The minimum atomic E-state index is -0.338. The summed E-state index contributed by atoms with van der Waals surface area (Å²) in [5.74, 6) is 2.53. The number of pyridine rings is 1. The Kier molecular flexibility index (Phi) is 5.06. The lowest BCUT2D eigenvalue weighted by molar-refractivity contribution is -0.139. The molecule has 1 aliphatic rings.